The normalized spacial score (nSPS) is 23.5. The highest BCUT2D eigenvalue weighted by Crippen LogP contribution is 2.53. The molecule has 1 aliphatic rings. The third kappa shape index (κ3) is 4.05. The molecule has 0 aliphatic heterocycles. The number of benzene rings is 2. The number of carbonyl (C=O) groups is 1. The molecule has 0 spiro atoms. The molecule has 0 bridgehead atoms. The van der Waals surface area contributed by atoms with Crippen LogP contribution in [0.15, 0.2) is 36.4 Å². The van der Waals surface area contributed by atoms with E-state index < -0.39 is 0 Å². The molecule has 0 amide bonds. The molecule has 0 N–H and O–H groups in total. The van der Waals surface area contributed by atoms with Gasteiger partial charge in [-0.25, -0.2) is 0 Å². The lowest BCUT2D eigenvalue weighted by Crippen LogP contribution is -2.41. The van der Waals surface area contributed by atoms with Crippen LogP contribution in [-0.2, 0) is 10.2 Å². The maximum absolute atomic E-state index is 11.4. The number of ether oxygens (including phenoxy) is 2. The highest BCUT2D eigenvalue weighted by molar-refractivity contribution is 5.70. The fourth-order valence-corrected chi connectivity index (χ4v) is 4.77. The SMILES string of the molecule is COc1ccc(C2(c3ccc(OC(C)=O)c(C)c3)CCC(C)(C)C(C)C2)cc1C. The summed E-state index contributed by atoms with van der Waals surface area (Å²) in [5, 5.41) is 0. The Morgan fingerprint density at radius 2 is 1.52 bits per heavy atom. The Morgan fingerprint density at radius 1 is 0.966 bits per heavy atom. The Morgan fingerprint density at radius 3 is 1.97 bits per heavy atom. The van der Waals surface area contributed by atoms with Crippen LogP contribution in [0.2, 0.25) is 0 Å². The number of esters is 1. The lowest BCUT2D eigenvalue weighted by molar-refractivity contribution is -0.131. The molecule has 1 aliphatic carbocycles. The summed E-state index contributed by atoms with van der Waals surface area (Å²) in [6, 6.07) is 12.9. The number of hydrogen-bond acceptors (Lipinski definition) is 3. The lowest BCUT2D eigenvalue weighted by atomic mass is 9.55. The lowest BCUT2D eigenvalue weighted by Gasteiger charge is -2.49. The first kappa shape index (κ1) is 21.4. The predicted molar refractivity (Wildman–Crippen MR) is 118 cm³/mol. The van der Waals surface area contributed by atoms with Crippen molar-refractivity contribution in [3.8, 4) is 11.5 Å². The van der Waals surface area contributed by atoms with E-state index in [1.54, 1.807) is 7.11 Å². The van der Waals surface area contributed by atoms with Crippen molar-refractivity contribution in [2.45, 2.75) is 66.2 Å². The number of rotatable bonds is 4. The van der Waals surface area contributed by atoms with Crippen molar-refractivity contribution < 1.29 is 14.3 Å². The van der Waals surface area contributed by atoms with Crippen LogP contribution in [0, 0.1) is 25.2 Å². The van der Waals surface area contributed by atoms with E-state index in [9.17, 15) is 4.79 Å². The molecule has 3 nitrogen and oxygen atoms in total. The van der Waals surface area contributed by atoms with Gasteiger partial charge in [0.15, 0.2) is 0 Å². The van der Waals surface area contributed by atoms with Crippen LogP contribution < -0.4 is 9.47 Å². The summed E-state index contributed by atoms with van der Waals surface area (Å²) in [6.07, 6.45) is 3.37. The van der Waals surface area contributed by atoms with E-state index in [1.165, 1.54) is 24.5 Å². The fraction of sp³-hybridized carbons (Fsp3) is 0.500. The van der Waals surface area contributed by atoms with Crippen LogP contribution in [-0.4, -0.2) is 13.1 Å². The monoisotopic (exact) mass is 394 g/mol. The first-order chi connectivity index (χ1) is 13.6. The maximum atomic E-state index is 11.4. The molecule has 0 aromatic heterocycles. The first-order valence-corrected chi connectivity index (χ1v) is 10.5. The van der Waals surface area contributed by atoms with Gasteiger partial charge in [-0.05, 0) is 78.8 Å². The second-order valence-electron chi connectivity index (χ2n) is 9.43. The van der Waals surface area contributed by atoms with Crippen LogP contribution in [0.1, 0.15) is 69.2 Å². The highest BCUT2D eigenvalue weighted by atomic mass is 16.5. The van der Waals surface area contributed by atoms with Gasteiger partial charge in [0.05, 0.1) is 7.11 Å². The fourth-order valence-electron chi connectivity index (χ4n) is 4.77. The Bertz CT molecular complexity index is 912. The standard InChI is InChI=1S/C26H34O3/c1-17-14-21(8-10-23(17)28-7)26(13-12-25(5,6)19(3)16-26)22-9-11-24(18(2)15-22)29-20(4)27/h8-11,14-15,19H,12-13,16H2,1-7H3. The molecule has 1 fully saturated rings. The van der Waals surface area contributed by atoms with Crippen molar-refractivity contribution in [2.24, 2.45) is 11.3 Å². The second-order valence-corrected chi connectivity index (χ2v) is 9.43. The topological polar surface area (TPSA) is 35.5 Å². The predicted octanol–water partition coefficient (Wildman–Crippen LogP) is 6.37. The minimum Gasteiger partial charge on any atom is -0.496 e. The van der Waals surface area contributed by atoms with Crippen molar-refractivity contribution in [2.75, 3.05) is 7.11 Å². The van der Waals surface area contributed by atoms with Gasteiger partial charge in [0.1, 0.15) is 11.5 Å². The second kappa shape index (κ2) is 7.85. The van der Waals surface area contributed by atoms with Gasteiger partial charge in [-0.2, -0.15) is 0 Å². The maximum Gasteiger partial charge on any atom is 0.308 e. The average Bonchev–Trinajstić information content (AvgIpc) is 2.65. The Balaban J connectivity index is 2.13. The van der Waals surface area contributed by atoms with Gasteiger partial charge in [-0.1, -0.05) is 45.0 Å². The van der Waals surface area contributed by atoms with Crippen molar-refractivity contribution in [3.63, 3.8) is 0 Å². The molecule has 2 atom stereocenters. The van der Waals surface area contributed by atoms with Crippen LogP contribution in [0.5, 0.6) is 11.5 Å². The van der Waals surface area contributed by atoms with Crippen LogP contribution >= 0.6 is 0 Å². The van der Waals surface area contributed by atoms with Gasteiger partial charge < -0.3 is 9.47 Å². The molecule has 3 rings (SSSR count). The quantitative estimate of drug-likeness (QED) is 0.446. The van der Waals surface area contributed by atoms with Gasteiger partial charge in [0.25, 0.3) is 0 Å². The van der Waals surface area contributed by atoms with E-state index >= 15 is 0 Å². The summed E-state index contributed by atoms with van der Waals surface area (Å²) in [7, 11) is 1.72. The van der Waals surface area contributed by atoms with E-state index in [2.05, 4.69) is 58.0 Å². The molecule has 2 aromatic rings. The van der Waals surface area contributed by atoms with E-state index in [0.29, 0.717) is 17.1 Å². The molecule has 3 heteroatoms. The third-order valence-electron chi connectivity index (χ3n) is 7.11. The Kier molecular flexibility index (Phi) is 5.80. The number of carbonyl (C=O) groups excluding carboxylic acids is 1. The Hall–Kier alpha value is -2.29. The average molecular weight is 395 g/mol. The van der Waals surface area contributed by atoms with Gasteiger partial charge in [-0.3, -0.25) is 4.79 Å². The Labute approximate surface area is 175 Å². The zero-order valence-corrected chi connectivity index (χ0v) is 18.9. The summed E-state index contributed by atoms with van der Waals surface area (Å²) in [4.78, 5) is 11.4. The largest absolute Gasteiger partial charge is 0.496 e. The summed E-state index contributed by atoms with van der Waals surface area (Å²) < 4.78 is 10.9. The van der Waals surface area contributed by atoms with E-state index in [1.807, 2.05) is 13.0 Å². The van der Waals surface area contributed by atoms with Gasteiger partial charge in [0, 0.05) is 12.3 Å². The summed E-state index contributed by atoms with van der Waals surface area (Å²) in [5.41, 5.74) is 5.09. The van der Waals surface area contributed by atoms with E-state index in [-0.39, 0.29) is 11.4 Å². The molecular formula is C26H34O3. The zero-order valence-electron chi connectivity index (χ0n) is 18.9. The first-order valence-electron chi connectivity index (χ1n) is 10.5. The van der Waals surface area contributed by atoms with Gasteiger partial charge >= 0.3 is 5.97 Å². The number of hydrogen-bond donors (Lipinski definition) is 0. The number of aryl methyl sites for hydroxylation is 2. The van der Waals surface area contributed by atoms with Crippen molar-refractivity contribution in [1.82, 2.24) is 0 Å². The van der Waals surface area contributed by atoms with Crippen molar-refractivity contribution >= 4 is 5.97 Å². The molecule has 0 heterocycles. The van der Waals surface area contributed by atoms with E-state index in [4.69, 9.17) is 9.47 Å². The molecule has 2 unspecified atom stereocenters. The zero-order chi connectivity index (χ0) is 21.4. The summed E-state index contributed by atoms with van der Waals surface area (Å²) in [6.45, 7) is 12.7. The highest BCUT2D eigenvalue weighted by Gasteiger charge is 2.45. The van der Waals surface area contributed by atoms with Crippen LogP contribution in [0.3, 0.4) is 0 Å². The van der Waals surface area contributed by atoms with Crippen LogP contribution in [0.25, 0.3) is 0 Å². The third-order valence-corrected chi connectivity index (χ3v) is 7.11. The molecule has 1 saturated carbocycles. The van der Waals surface area contributed by atoms with Gasteiger partial charge in [0.2, 0.25) is 0 Å². The number of methoxy groups -OCH3 is 1. The molecule has 0 radical (unpaired) electrons. The van der Waals surface area contributed by atoms with Crippen molar-refractivity contribution in [1.29, 1.82) is 0 Å². The van der Waals surface area contributed by atoms with Crippen LogP contribution in [0.4, 0.5) is 0 Å². The van der Waals surface area contributed by atoms with Gasteiger partial charge in [-0.15, -0.1) is 0 Å². The minimum atomic E-state index is -0.283. The molecule has 2 aromatic carbocycles. The minimum absolute atomic E-state index is 0.0501. The summed E-state index contributed by atoms with van der Waals surface area (Å²) >= 11 is 0. The smallest absolute Gasteiger partial charge is 0.308 e. The molecule has 156 valence electrons. The van der Waals surface area contributed by atoms with E-state index in [0.717, 1.165) is 29.7 Å². The molecular weight excluding hydrogens is 360 g/mol. The molecule has 29 heavy (non-hydrogen) atoms. The van der Waals surface area contributed by atoms with Crippen molar-refractivity contribution in [3.05, 3.63) is 58.7 Å². The summed E-state index contributed by atoms with van der Waals surface area (Å²) in [5.74, 6) is 1.88. The molecule has 0 saturated heterocycles.